The van der Waals surface area contributed by atoms with E-state index in [1.54, 1.807) is 12.3 Å². The molecule has 2 heterocycles. The molecule has 3 atom stereocenters. The molecule has 3 rings (SSSR count). The third-order valence-corrected chi connectivity index (χ3v) is 4.85. The molecule has 1 aliphatic heterocycles. The van der Waals surface area contributed by atoms with Crippen LogP contribution < -0.4 is 10.6 Å². The van der Waals surface area contributed by atoms with E-state index >= 15 is 0 Å². The molecule has 3 unspecified atom stereocenters. The Morgan fingerprint density at radius 2 is 2.17 bits per heavy atom. The third kappa shape index (κ3) is 3.77. The number of carbonyl (C=O) groups excluding carboxylic acids is 1. The van der Waals surface area contributed by atoms with Gasteiger partial charge in [0, 0.05) is 25.2 Å². The topological polar surface area (TPSA) is 54.0 Å². The van der Waals surface area contributed by atoms with Gasteiger partial charge < -0.3 is 10.6 Å². The van der Waals surface area contributed by atoms with Crippen LogP contribution in [0.1, 0.15) is 35.6 Å². The van der Waals surface area contributed by atoms with Gasteiger partial charge in [-0.15, -0.1) is 0 Å². The minimum absolute atomic E-state index is 0.0120. The van der Waals surface area contributed by atoms with Gasteiger partial charge in [0.15, 0.2) is 0 Å². The Hall–Kier alpha value is -1.91. The zero-order chi connectivity index (χ0) is 17.1. The average Bonchev–Trinajstić information content (AvgIpc) is 3.05. The lowest BCUT2D eigenvalue weighted by molar-refractivity contribution is -0.125. The Labute approximate surface area is 147 Å². The quantitative estimate of drug-likeness (QED) is 0.838. The maximum Gasteiger partial charge on any atom is 0.225 e. The van der Waals surface area contributed by atoms with Gasteiger partial charge in [0.1, 0.15) is 5.15 Å². The van der Waals surface area contributed by atoms with Crippen molar-refractivity contribution in [2.75, 3.05) is 13.1 Å². The van der Waals surface area contributed by atoms with Crippen LogP contribution in [-0.4, -0.2) is 24.0 Å². The number of aromatic nitrogens is 1. The van der Waals surface area contributed by atoms with E-state index in [1.807, 2.05) is 25.1 Å². The second kappa shape index (κ2) is 7.32. The molecule has 126 valence electrons. The third-order valence-electron chi connectivity index (χ3n) is 4.63. The highest BCUT2D eigenvalue weighted by atomic mass is 35.5. The molecule has 5 heteroatoms. The van der Waals surface area contributed by atoms with Crippen LogP contribution in [0.25, 0.3) is 0 Å². The Morgan fingerprint density at radius 1 is 1.33 bits per heavy atom. The largest absolute Gasteiger partial charge is 0.349 e. The monoisotopic (exact) mass is 343 g/mol. The van der Waals surface area contributed by atoms with Crippen molar-refractivity contribution in [1.29, 1.82) is 0 Å². The predicted octanol–water partition coefficient (Wildman–Crippen LogP) is 3.22. The highest BCUT2D eigenvalue weighted by Gasteiger charge is 2.34. The Kier molecular flexibility index (Phi) is 5.17. The normalized spacial score (nSPS) is 21.5. The van der Waals surface area contributed by atoms with E-state index in [1.165, 1.54) is 5.56 Å². The maximum absolute atomic E-state index is 12.8. The van der Waals surface area contributed by atoms with Crippen molar-refractivity contribution in [2.45, 2.75) is 25.8 Å². The first-order valence-corrected chi connectivity index (χ1v) is 8.61. The van der Waals surface area contributed by atoms with Crippen molar-refractivity contribution in [2.24, 2.45) is 5.92 Å². The number of nitrogens with one attached hydrogen (secondary N) is 2. The van der Waals surface area contributed by atoms with Crippen LogP contribution in [0.4, 0.5) is 0 Å². The highest BCUT2D eigenvalue weighted by Crippen LogP contribution is 2.29. The van der Waals surface area contributed by atoms with Gasteiger partial charge in [-0.25, -0.2) is 4.98 Å². The molecule has 0 aliphatic carbocycles. The van der Waals surface area contributed by atoms with Gasteiger partial charge in [-0.2, -0.15) is 0 Å². The van der Waals surface area contributed by atoms with Gasteiger partial charge >= 0.3 is 0 Å². The van der Waals surface area contributed by atoms with Crippen molar-refractivity contribution in [1.82, 2.24) is 15.6 Å². The average molecular weight is 344 g/mol. The summed E-state index contributed by atoms with van der Waals surface area (Å²) >= 11 is 5.86. The zero-order valence-corrected chi connectivity index (χ0v) is 14.7. The SMILES string of the molecule is Cc1cccc(C(C)NC(=O)C2CNCC2c2ccc(Cl)nc2)c1. The van der Waals surface area contributed by atoms with Crippen LogP contribution in [0.15, 0.2) is 42.6 Å². The number of hydrogen-bond acceptors (Lipinski definition) is 3. The van der Waals surface area contributed by atoms with Crippen molar-refractivity contribution < 1.29 is 4.79 Å². The first kappa shape index (κ1) is 16.9. The number of carbonyl (C=O) groups is 1. The molecule has 0 saturated carbocycles. The van der Waals surface area contributed by atoms with Crippen LogP contribution in [0.2, 0.25) is 5.15 Å². The van der Waals surface area contributed by atoms with Crippen molar-refractivity contribution >= 4 is 17.5 Å². The van der Waals surface area contributed by atoms with Crippen LogP contribution >= 0.6 is 11.6 Å². The first-order valence-electron chi connectivity index (χ1n) is 8.23. The molecule has 0 bridgehead atoms. The van der Waals surface area contributed by atoms with E-state index in [4.69, 9.17) is 11.6 Å². The lowest BCUT2D eigenvalue weighted by atomic mass is 9.89. The van der Waals surface area contributed by atoms with E-state index in [0.717, 1.165) is 17.7 Å². The molecule has 0 radical (unpaired) electrons. The van der Waals surface area contributed by atoms with Crippen LogP contribution in [-0.2, 0) is 4.79 Å². The molecule has 1 aromatic heterocycles. The second-order valence-corrected chi connectivity index (χ2v) is 6.82. The first-order chi connectivity index (χ1) is 11.5. The molecule has 1 aliphatic rings. The second-order valence-electron chi connectivity index (χ2n) is 6.43. The summed E-state index contributed by atoms with van der Waals surface area (Å²) in [6, 6.07) is 12.0. The minimum Gasteiger partial charge on any atom is -0.349 e. The van der Waals surface area contributed by atoms with Crippen LogP contribution in [0, 0.1) is 12.8 Å². The number of amides is 1. The Bertz CT molecular complexity index is 717. The molecule has 0 spiro atoms. The fourth-order valence-corrected chi connectivity index (χ4v) is 3.37. The van der Waals surface area contributed by atoms with Crippen LogP contribution in [0.3, 0.4) is 0 Å². The zero-order valence-electron chi connectivity index (χ0n) is 13.9. The molecular weight excluding hydrogens is 322 g/mol. The van der Waals surface area contributed by atoms with E-state index in [-0.39, 0.29) is 23.8 Å². The van der Waals surface area contributed by atoms with Gasteiger partial charge in [0.25, 0.3) is 0 Å². The fourth-order valence-electron chi connectivity index (χ4n) is 3.25. The molecule has 2 aromatic rings. The lowest BCUT2D eigenvalue weighted by Crippen LogP contribution is -2.36. The summed E-state index contributed by atoms with van der Waals surface area (Å²) in [5.41, 5.74) is 3.37. The summed E-state index contributed by atoms with van der Waals surface area (Å²) in [5, 5.41) is 6.94. The van der Waals surface area contributed by atoms with Crippen LogP contribution in [0.5, 0.6) is 0 Å². The lowest BCUT2D eigenvalue weighted by Gasteiger charge is -2.22. The van der Waals surface area contributed by atoms with Gasteiger partial charge in [0.2, 0.25) is 5.91 Å². The smallest absolute Gasteiger partial charge is 0.225 e. The molecule has 1 amide bonds. The highest BCUT2D eigenvalue weighted by molar-refractivity contribution is 6.29. The molecular formula is C19H22ClN3O. The number of aryl methyl sites for hydroxylation is 1. The van der Waals surface area contributed by atoms with Crippen molar-refractivity contribution in [3.05, 3.63) is 64.4 Å². The fraction of sp³-hybridized carbons (Fsp3) is 0.368. The molecule has 1 saturated heterocycles. The van der Waals surface area contributed by atoms with Gasteiger partial charge in [-0.05, 0) is 31.0 Å². The summed E-state index contributed by atoms with van der Waals surface area (Å²) in [7, 11) is 0. The molecule has 2 N–H and O–H groups in total. The number of halogens is 1. The number of nitrogens with zero attached hydrogens (tertiary/aromatic N) is 1. The van der Waals surface area contributed by atoms with Gasteiger partial charge in [-0.1, -0.05) is 47.5 Å². The van der Waals surface area contributed by atoms with Crippen molar-refractivity contribution in [3.63, 3.8) is 0 Å². The van der Waals surface area contributed by atoms with E-state index in [2.05, 4.69) is 34.7 Å². The van der Waals surface area contributed by atoms with Gasteiger partial charge in [-0.3, -0.25) is 4.79 Å². The summed E-state index contributed by atoms with van der Waals surface area (Å²) in [6.07, 6.45) is 1.77. The summed E-state index contributed by atoms with van der Waals surface area (Å²) in [5.74, 6) is 0.105. The number of rotatable bonds is 4. The maximum atomic E-state index is 12.8. The summed E-state index contributed by atoms with van der Waals surface area (Å²) in [4.78, 5) is 16.9. The Balaban J connectivity index is 1.70. The van der Waals surface area contributed by atoms with Crippen molar-refractivity contribution in [3.8, 4) is 0 Å². The summed E-state index contributed by atoms with van der Waals surface area (Å²) < 4.78 is 0. The number of benzene rings is 1. The van der Waals surface area contributed by atoms with E-state index in [0.29, 0.717) is 11.7 Å². The molecule has 1 fully saturated rings. The minimum atomic E-state index is -0.0970. The summed E-state index contributed by atoms with van der Waals surface area (Å²) in [6.45, 7) is 5.54. The van der Waals surface area contributed by atoms with Gasteiger partial charge in [0.05, 0.1) is 12.0 Å². The standard InChI is InChI=1S/C19H22ClN3O/c1-12-4-3-5-14(8-12)13(2)23-19(24)17-11-21-10-16(17)15-6-7-18(20)22-9-15/h3-9,13,16-17,21H,10-11H2,1-2H3,(H,23,24). The van der Waals surface area contributed by atoms with E-state index in [9.17, 15) is 4.79 Å². The molecule has 24 heavy (non-hydrogen) atoms. The van der Waals surface area contributed by atoms with E-state index < -0.39 is 0 Å². The predicted molar refractivity (Wildman–Crippen MR) is 96.1 cm³/mol. The molecule has 1 aromatic carbocycles. The number of pyridine rings is 1. The Morgan fingerprint density at radius 3 is 2.88 bits per heavy atom. The number of hydrogen-bond donors (Lipinski definition) is 2. The molecule has 4 nitrogen and oxygen atoms in total.